The van der Waals surface area contributed by atoms with Crippen molar-refractivity contribution in [2.75, 3.05) is 0 Å². The molecule has 1 aliphatic heterocycles. The molecule has 0 radical (unpaired) electrons. The molecule has 0 saturated heterocycles. The lowest BCUT2D eigenvalue weighted by molar-refractivity contribution is 0.580. The van der Waals surface area contributed by atoms with Gasteiger partial charge in [0.25, 0.3) is 0 Å². The van der Waals surface area contributed by atoms with Crippen LogP contribution in [0.3, 0.4) is 0 Å². The second-order valence-electron chi connectivity index (χ2n) is 8.34. The van der Waals surface area contributed by atoms with E-state index in [9.17, 15) is 8.42 Å². The summed E-state index contributed by atoms with van der Waals surface area (Å²) < 4.78 is 27.2. The third kappa shape index (κ3) is 1.96. The maximum atomic E-state index is 13.6. The SMILES string of the molecule is Cc1ccc2c(c1)C1(c3cc(C)ccc3-2)c2ccccc2S(=O)(=O)c2ccccc21. The van der Waals surface area contributed by atoms with Crippen LogP contribution in [0.5, 0.6) is 0 Å². The predicted molar refractivity (Wildman–Crippen MR) is 119 cm³/mol. The van der Waals surface area contributed by atoms with Gasteiger partial charge in [0.05, 0.1) is 15.2 Å². The number of rotatable bonds is 0. The van der Waals surface area contributed by atoms with E-state index in [4.69, 9.17) is 0 Å². The number of benzene rings is 4. The van der Waals surface area contributed by atoms with Crippen LogP contribution in [-0.2, 0) is 15.3 Å². The number of aryl methyl sites for hydroxylation is 2. The molecule has 0 amide bonds. The van der Waals surface area contributed by atoms with Gasteiger partial charge in [-0.2, -0.15) is 0 Å². The van der Waals surface area contributed by atoms with Crippen molar-refractivity contribution in [1.29, 1.82) is 0 Å². The van der Waals surface area contributed by atoms with Gasteiger partial charge in [-0.15, -0.1) is 0 Å². The summed E-state index contributed by atoms with van der Waals surface area (Å²) in [6, 6.07) is 28.1. The molecule has 0 atom stereocenters. The van der Waals surface area contributed by atoms with Crippen molar-refractivity contribution in [3.63, 3.8) is 0 Å². The molecule has 146 valence electrons. The van der Waals surface area contributed by atoms with Crippen LogP contribution in [0.2, 0.25) is 0 Å². The van der Waals surface area contributed by atoms with Crippen LogP contribution in [0, 0.1) is 13.8 Å². The number of hydrogen-bond acceptors (Lipinski definition) is 2. The van der Waals surface area contributed by atoms with Gasteiger partial charge in [0.1, 0.15) is 0 Å². The Morgan fingerprint density at radius 1 is 0.567 bits per heavy atom. The summed E-state index contributed by atoms with van der Waals surface area (Å²) in [5.74, 6) is 0. The Morgan fingerprint density at radius 3 is 1.47 bits per heavy atom. The largest absolute Gasteiger partial charge is 0.218 e. The molecule has 1 aliphatic carbocycles. The van der Waals surface area contributed by atoms with Gasteiger partial charge in [-0.3, -0.25) is 0 Å². The highest BCUT2D eigenvalue weighted by atomic mass is 32.2. The third-order valence-electron chi connectivity index (χ3n) is 6.61. The second kappa shape index (κ2) is 5.71. The molecule has 1 spiro atoms. The molecule has 0 aromatic heterocycles. The molecule has 3 heteroatoms. The molecule has 0 saturated carbocycles. The van der Waals surface area contributed by atoms with Gasteiger partial charge >= 0.3 is 0 Å². The number of hydrogen-bond donors (Lipinski definition) is 0. The first kappa shape index (κ1) is 17.7. The van der Waals surface area contributed by atoms with Crippen LogP contribution in [0.15, 0.2) is 94.7 Å². The van der Waals surface area contributed by atoms with Gasteiger partial charge in [-0.25, -0.2) is 8.42 Å². The zero-order valence-electron chi connectivity index (χ0n) is 16.8. The fourth-order valence-electron chi connectivity index (χ4n) is 5.42. The van der Waals surface area contributed by atoms with Crippen molar-refractivity contribution in [1.82, 2.24) is 0 Å². The summed E-state index contributed by atoms with van der Waals surface area (Å²) in [5.41, 5.74) is 8.08. The minimum Gasteiger partial charge on any atom is -0.218 e. The van der Waals surface area contributed by atoms with Crippen LogP contribution in [-0.4, -0.2) is 8.42 Å². The Hall–Kier alpha value is -3.17. The fraction of sp³-hybridized carbons (Fsp3) is 0.111. The lowest BCUT2D eigenvalue weighted by atomic mass is 9.67. The van der Waals surface area contributed by atoms with Crippen molar-refractivity contribution < 1.29 is 8.42 Å². The van der Waals surface area contributed by atoms with E-state index in [1.54, 1.807) is 12.1 Å². The highest BCUT2D eigenvalue weighted by Gasteiger charge is 2.53. The second-order valence-corrected chi connectivity index (χ2v) is 10.2. The van der Waals surface area contributed by atoms with Crippen LogP contribution < -0.4 is 0 Å². The molecule has 30 heavy (non-hydrogen) atoms. The van der Waals surface area contributed by atoms with E-state index in [0.717, 1.165) is 22.3 Å². The Morgan fingerprint density at radius 2 is 1.00 bits per heavy atom. The van der Waals surface area contributed by atoms with E-state index in [1.807, 2.05) is 36.4 Å². The van der Waals surface area contributed by atoms with E-state index in [2.05, 4.69) is 50.2 Å². The zero-order valence-corrected chi connectivity index (χ0v) is 17.6. The lowest BCUT2D eigenvalue weighted by Crippen LogP contribution is -2.36. The topological polar surface area (TPSA) is 34.1 Å². The summed E-state index contributed by atoms with van der Waals surface area (Å²) in [7, 11) is -3.59. The average molecular weight is 409 g/mol. The summed E-state index contributed by atoms with van der Waals surface area (Å²) >= 11 is 0. The molecule has 1 heterocycles. The highest BCUT2D eigenvalue weighted by Crippen LogP contribution is 2.60. The molecule has 2 nitrogen and oxygen atoms in total. The lowest BCUT2D eigenvalue weighted by Gasteiger charge is -2.39. The Kier molecular flexibility index (Phi) is 3.36. The third-order valence-corrected chi connectivity index (χ3v) is 8.48. The van der Waals surface area contributed by atoms with Crippen LogP contribution in [0.25, 0.3) is 11.1 Å². The molecule has 4 aromatic rings. The smallest absolute Gasteiger partial charge is 0.207 e. The molecule has 2 aliphatic rings. The highest BCUT2D eigenvalue weighted by molar-refractivity contribution is 7.91. The molecular formula is C27H20O2S. The van der Waals surface area contributed by atoms with Crippen molar-refractivity contribution in [3.05, 3.63) is 118 Å². The molecule has 0 unspecified atom stereocenters. The Bertz CT molecular complexity index is 1370. The first-order chi connectivity index (χ1) is 14.5. The molecule has 4 aromatic carbocycles. The number of sulfone groups is 1. The van der Waals surface area contributed by atoms with E-state index in [0.29, 0.717) is 9.79 Å². The van der Waals surface area contributed by atoms with Gasteiger partial charge in [0.15, 0.2) is 0 Å². The molecule has 0 N–H and O–H groups in total. The summed E-state index contributed by atoms with van der Waals surface area (Å²) in [6.45, 7) is 4.19. The van der Waals surface area contributed by atoms with Crippen LogP contribution >= 0.6 is 0 Å². The van der Waals surface area contributed by atoms with E-state index in [-0.39, 0.29) is 0 Å². The Balaban J connectivity index is 1.92. The molecule has 0 bridgehead atoms. The molecule has 6 rings (SSSR count). The summed E-state index contributed by atoms with van der Waals surface area (Å²) in [5, 5.41) is 0. The molecular weight excluding hydrogens is 388 g/mol. The van der Waals surface area contributed by atoms with Crippen molar-refractivity contribution in [2.45, 2.75) is 29.1 Å². The van der Waals surface area contributed by atoms with Gasteiger partial charge < -0.3 is 0 Å². The predicted octanol–water partition coefficient (Wildman–Crippen LogP) is 5.81. The average Bonchev–Trinajstić information content (AvgIpc) is 3.02. The minimum absolute atomic E-state index is 0.408. The summed E-state index contributed by atoms with van der Waals surface area (Å²) in [6.07, 6.45) is 0. The van der Waals surface area contributed by atoms with Crippen molar-refractivity contribution in [2.24, 2.45) is 0 Å². The van der Waals surface area contributed by atoms with Gasteiger partial charge in [0.2, 0.25) is 9.84 Å². The van der Waals surface area contributed by atoms with Crippen LogP contribution in [0.4, 0.5) is 0 Å². The quantitative estimate of drug-likeness (QED) is 0.318. The fourth-order valence-corrected chi connectivity index (χ4v) is 7.19. The van der Waals surface area contributed by atoms with Crippen molar-refractivity contribution in [3.8, 4) is 11.1 Å². The van der Waals surface area contributed by atoms with Crippen LogP contribution in [0.1, 0.15) is 33.4 Å². The zero-order chi connectivity index (χ0) is 20.7. The molecule has 0 fully saturated rings. The van der Waals surface area contributed by atoms with E-state index in [1.165, 1.54) is 22.3 Å². The monoisotopic (exact) mass is 408 g/mol. The first-order valence-corrected chi connectivity index (χ1v) is 11.6. The van der Waals surface area contributed by atoms with Gasteiger partial charge in [-0.1, -0.05) is 83.9 Å². The van der Waals surface area contributed by atoms with E-state index < -0.39 is 15.3 Å². The maximum absolute atomic E-state index is 13.6. The Labute approximate surface area is 176 Å². The van der Waals surface area contributed by atoms with Crippen molar-refractivity contribution >= 4 is 9.84 Å². The van der Waals surface area contributed by atoms with Gasteiger partial charge in [0, 0.05) is 0 Å². The standard InChI is InChI=1S/C27H20O2S/c1-17-11-13-19-20-14-12-18(2)16-24(20)27(23(19)15-17)21-7-3-5-9-25(21)30(28,29)26-10-6-4-8-22(26)27/h3-16H,1-2H3. The number of fused-ring (bicyclic) bond motifs is 9. The minimum atomic E-state index is -3.59. The maximum Gasteiger partial charge on any atom is 0.207 e. The van der Waals surface area contributed by atoms with E-state index >= 15 is 0 Å². The first-order valence-electron chi connectivity index (χ1n) is 10.1. The van der Waals surface area contributed by atoms with Gasteiger partial charge in [-0.05, 0) is 59.4 Å². The summed E-state index contributed by atoms with van der Waals surface area (Å²) in [4.78, 5) is 0.816. The normalized spacial score (nSPS) is 16.5.